The molecule has 1 rings (SSSR count). The molecule has 6 heteroatoms. The predicted molar refractivity (Wildman–Crippen MR) is 61.5 cm³/mol. The lowest BCUT2D eigenvalue weighted by molar-refractivity contribution is -0.147. The lowest BCUT2D eigenvalue weighted by Crippen LogP contribution is -2.35. The van der Waals surface area contributed by atoms with Crippen molar-refractivity contribution in [3.05, 3.63) is 0 Å². The number of amides is 1. The average Bonchev–Trinajstić information content (AvgIpc) is 2.30. The van der Waals surface area contributed by atoms with E-state index in [0.717, 1.165) is 25.9 Å². The summed E-state index contributed by atoms with van der Waals surface area (Å²) in [5.41, 5.74) is 0. The molecule has 0 radical (unpaired) electrons. The Balaban J connectivity index is 2.10. The van der Waals surface area contributed by atoms with Crippen LogP contribution in [0.25, 0.3) is 0 Å². The number of carbonyl (C=O) groups is 2. The molecule has 1 aliphatic rings. The smallest absolute Gasteiger partial charge is 0.332 e. The highest BCUT2D eigenvalue weighted by atomic mass is 16.4. The first-order valence-electron chi connectivity index (χ1n) is 5.98. The first-order chi connectivity index (χ1) is 8.09. The van der Waals surface area contributed by atoms with E-state index in [1.165, 1.54) is 0 Å². The third kappa shape index (κ3) is 5.65. The van der Waals surface area contributed by atoms with Crippen LogP contribution in [0, 0.1) is 5.92 Å². The molecule has 0 aromatic rings. The Morgan fingerprint density at radius 2 is 2.24 bits per heavy atom. The lowest BCUT2D eigenvalue weighted by Gasteiger charge is -2.22. The van der Waals surface area contributed by atoms with Crippen LogP contribution in [0.15, 0.2) is 0 Å². The number of piperidine rings is 1. The average molecular weight is 244 g/mol. The molecule has 0 aliphatic carbocycles. The minimum atomic E-state index is -1.40. The van der Waals surface area contributed by atoms with E-state index < -0.39 is 12.1 Å². The monoisotopic (exact) mass is 244 g/mol. The zero-order valence-electron chi connectivity index (χ0n) is 9.82. The van der Waals surface area contributed by atoms with E-state index in [4.69, 9.17) is 10.2 Å². The van der Waals surface area contributed by atoms with Crippen LogP contribution in [-0.4, -0.2) is 47.8 Å². The highest BCUT2D eigenvalue weighted by molar-refractivity contribution is 5.76. The van der Waals surface area contributed by atoms with Crippen LogP contribution in [0.4, 0.5) is 0 Å². The maximum Gasteiger partial charge on any atom is 0.332 e. The molecule has 6 nitrogen and oxygen atoms in total. The van der Waals surface area contributed by atoms with Gasteiger partial charge < -0.3 is 20.8 Å². The minimum absolute atomic E-state index is 0.0456. The fourth-order valence-corrected chi connectivity index (χ4v) is 1.90. The Labute approximate surface area is 100 Å². The van der Waals surface area contributed by atoms with Crippen LogP contribution >= 0.6 is 0 Å². The largest absolute Gasteiger partial charge is 0.479 e. The third-order valence-electron chi connectivity index (χ3n) is 2.90. The number of carboxylic acid groups (broad SMARTS) is 1. The van der Waals surface area contributed by atoms with Gasteiger partial charge in [0.1, 0.15) is 0 Å². The SMILES string of the molecule is O=C(CC1CCCNC1)NCCC(O)C(=O)O. The molecule has 2 unspecified atom stereocenters. The molecule has 0 bridgehead atoms. The van der Waals surface area contributed by atoms with E-state index in [-0.39, 0.29) is 18.9 Å². The van der Waals surface area contributed by atoms with E-state index in [0.29, 0.717) is 12.3 Å². The molecule has 17 heavy (non-hydrogen) atoms. The zero-order valence-corrected chi connectivity index (χ0v) is 9.82. The summed E-state index contributed by atoms with van der Waals surface area (Å²) >= 11 is 0. The van der Waals surface area contributed by atoms with Crippen molar-refractivity contribution in [1.29, 1.82) is 0 Å². The third-order valence-corrected chi connectivity index (χ3v) is 2.90. The van der Waals surface area contributed by atoms with E-state index in [1.54, 1.807) is 0 Å². The minimum Gasteiger partial charge on any atom is -0.479 e. The molecule has 0 saturated carbocycles. The molecule has 1 aliphatic heterocycles. The summed E-state index contributed by atoms with van der Waals surface area (Å²) in [5.74, 6) is -0.958. The summed E-state index contributed by atoms with van der Waals surface area (Å²) in [4.78, 5) is 21.8. The molecule has 1 amide bonds. The second-order valence-corrected chi connectivity index (χ2v) is 4.41. The molecular formula is C11H20N2O4. The van der Waals surface area contributed by atoms with E-state index in [1.807, 2.05) is 0 Å². The number of rotatable bonds is 6. The van der Waals surface area contributed by atoms with Gasteiger partial charge in [0.05, 0.1) is 0 Å². The number of aliphatic carboxylic acids is 1. The van der Waals surface area contributed by atoms with Gasteiger partial charge in [-0.25, -0.2) is 4.79 Å². The summed E-state index contributed by atoms with van der Waals surface area (Å²) in [6.07, 6.45) is 1.26. The Morgan fingerprint density at radius 1 is 1.47 bits per heavy atom. The van der Waals surface area contributed by atoms with Gasteiger partial charge in [-0.15, -0.1) is 0 Å². The van der Waals surface area contributed by atoms with Gasteiger partial charge in [-0.1, -0.05) is 0 Å². The number of carbonyl (C=O) groups excluding carboxylic acids is 1. The van der Waals surface area contributed by atoms with E-state index in [9.17, 15) is 9.59 Å². The number of hydrogen-bond donors (Lipinski definition) is 4. The Kier molecular flexibility index (Phi) is 5.93. The van der Waals surface area contributed by atoms with Crippen molar-refractivity contribution in [2.75, 3.05) is 19.6 Å². The van der Waals surface area contributed by atoms with Crippen LogP contribution in [0.3, 0.4) is 0 Å². The summed E-state index contributed by atoms with van der Waals surface area (Å²) in [7, 11) is 0. The van der Waals surface area contributed by atoms with Crippen LogP contribution in [-0.2, 0) is 9.59 Å². The van der Waals surface area contributed by atoms with Gasteiger partial charge in [-0.2, -0.15) is 0 Å². The van der Waals surface area contributed by atoms with Crippen molar-refractivity contribution in [1.82, 2.24) is 10.6 Å². The van der Waals surface area contributed by atoms with Gasteiger partial charge in [0.2, 0.25) is 5.91 Å². The zero-order chi connectivity index (χ0) is 12.7. The van der Waals surface area contributed by atoms with Crippen molar-refractivity contribution in [3.8, 4) is 0 Å². The molecule has 0 spiro atoms. The van der Waals surface area contributed by atoms with Crippen LogP contribution < -0.4 is 10.6 Å². The quantitative estimate of drug-likeness (QED) is 0.496. The first kappa shape index (κ1) is 13.9. The van der Waals surface area contributed by atoms with Gasteiger partial charge in [0.15, 0.2) is 6.10 Å². The molecule has 1 fully saturated rings. The molecular weight excluding hydrogens is 224 g/mol. The van der Waals surface area contributed by atoms with Gasteiger partial charge in [0, 0.05) is 19.4 Å². The number of aliphatic hydroxyl groups is 1. The number of carboxylic acids is 1. The fraction of sp³-hybridized carbons (Fsp3) is 0.818. The van der Waals surface area contributed by atoms with Crippen molar-refractivity contribution >= 4 is 11.9 Å². The Morgan fingerprint density at radius 3 is 2.82 bits per heavy atom. The molecule has 0 aromatic carbocycles. The first-order valence-corrected chi connectivity index (χ1v) is 5.98. The van der Waals surface area contributed by atoms with Crippen molar-refractivity contribution < 1.29 is 19.8 Å². The van der Waals surface area contributed by atoms with Crippen molar-refractivity contribution in [2.24, 2.45) is 5.92 Å². The highest BCUT2D eigenvalue weighted by Crippen LogP contribution is 2.13. The molecule has 1 heterocycles. The summed E-state index contributed by atoms with van der Waals surface area (Å²) in [6.45, 7) is 2.08. The fourth-order valence-electron chi connectivity index (χ4n) is 1.90. The summed E-state index contributed by atoms with van der Waals surface area (Å²) in [6, 6.07) is 0. The second-order valence-electron chi connectivity index (χ2n) is 4.41. The van der Waals surface area contributed by atoms with E-state index in [2.05, 4.69) is 10.6 Å². The second kappa shape index (κ2) is 7.24. The number of nitrogens with one attached hydrogen (secondary N) is 2. The molecule has 2 atom stereocenters. The maximum absolute atomic E-state index is 11.5. The Bertz CT molecular complexity index is 264. The maximum atomic E-state index is 11.5. The predicted octanol–water partition coefficient (Wildman–Crippen LogP) is -0.672. The van der Waals surface area contributed by atoms with Gasteiger partial charge in [-0.05, 0) is 31.8 Å². The Hall–Kier alpha value is -1.14. The van der Waals surface area contributed by atoms with Crippen LogP contribution in [0.2, 0.25) is 0 Å². The highest BCUT2D eigenvalue weighted by Gasteiger charge is 2.17. The number of aliphatic hydroxyl groups excluding tert-OH is 1. The van der Waals surface area contributed by atoms with Gasteiger partial charge >= 0.3 is 5.97 Å². The summed E-state index contributed by atoms with van der Waals surface area (Å²) < 4.78 is 0. The standard InChI is InChI=1S/C11H20N2O4/c14-9(11(16)17)3-5-13-10(15)6-8-2-1-4-12-7-8/h8-9,12,14H,1-7H2,(H,13,15)(H,16,17). The molecule has 0 aromatic heterocycles. The lowest BCUT2D eigenvalue weighted by atomic mass is 9.96. The topological polar surface area (TPSA) is 98.7 Å². The van der Waals surface area contributed by atoms with Gasteiger partial charge in [0.25, 0.3) is 0 Å². The molecule has 98 valence electrons. The van der Waals surface area contributed by atoms with Gasteiger partial charge in [-0.3, -0.25) is 4.79 Å². The molecule has 1 saturated heterocycles. The normalized spacial score (nSPS) is 21.8. The number of hydrogen-bond acceptors (Lipinski definition) is 4. The molecule has 4 N–H and O–H groups in total. The van der Waals surface area contributed by atoms with E-state index >= 15 is 0 Å². The van der Waals surface area contributed by atoms with Crippen LogP contribution in [0.5, 0.6) is 0 Å². The van der Waals surface area contributed by atoms with Crippen molar-refractivity contribution in [2.45, 2.75) is 31.8 Å². The van der Waals surface area contributed by atoms with Crippen LogP contribution in [0.1, 0.15) is 25.7 Å². The van der Waals surface area contributed by atoms with Crippen molar-refractivity contribution in [3.63, 3.8) is 0 Å². The summed E-state index contributed by atoms with van der Waals surface area (Å²) in [5, 5.41) is 23.3.